The summed E-state index contributed by atoms with van der Waals surface area (Å²) >= 11 is 0. The number of amides is 3. The Hall–Kier alpha value is -2.63. The Morgan fingerprint density at radius 3 is 2.89 bits per heavy atom. The molecular formula is C13H12N4O2. The molecular weight excluding hydrogens is 244 g/mol. The smallest absolute Gasteiger partial charge is 0.328 e. The first-order chi connectivity index (χ1) is 9.15. The van der Waals surface area contributed by atoms with Gasteiger partial charge in [-0.25, -0.2) is 4.79 Å². The van der Waals surface area contributed by atoms with Crippen LogP contribution in [-0.2, 0) is 4.79 Å². The van der Waals surface area contributed by atoms with Crippen molar-refractivity contribution >= 4 is 34.2 Å². The van der Waals surface area contributed by atoms with Crippen LogP contribution in [0.1, 0.15) is 6.42 Å². The third-order valence-electron chi connectivity index (χ3n) is 3.09. The summed E-state index contributed by atoms with van der Waals surface area (Å²) in [5.74, 6) is -0.251. The zero-order valence-electron chi connectivity index (χ0n) is 10.1. The van der Waals surface area contributed by atoms with Crippen LogP contribution >= 0.6 is 0 Å². The van der Waals surface area contributed by atoms with Crippen LogP contribution in [0.25, 0.3) is 10.9 Å². The molecule has 0 radical (unpaired) electrons. The second-order valence-electron chi connectivity index (χ2n) is 4.36. The van der Waals surface area contributed by atoms with Crippen LogP contribution in [0.15, 0.2) is 30.5 Å². The Morgan fingerprint density at radius 2 is 2.11 bits per heavy atom. The van der Waals surface area contributed by atoms with Gasteiger partial charge in [0.05, 0.1) is 11.2 Å². The molecule has 2 heterocycles. The van der Waals surface area contributed by atoms with E-state index in [0.717, 1.165) is 10.9 Å². The molecule has 6 nitrogen and oxygen atoms in total. The van der Waals surface area contributed by atoms with Crippen molar-refractivity contribution in [1.29, 1.82) is 0 Å². The van der Waals surface area contributed by atoms with Crippen LogP contribution in [0.2, 0.25) is 0 Å². The highest BCUT2D eigenvalue weighted by Gasteiger charge is 2.25. The molecule has 3 N–H and O–H groups in total. The molecule has 0 bridgehead atoms. The fourth-order valence-corrected chi connectivity index (χ4v) is 2.18. The predicted molar refractivity (Wildman–Crippen MR) is 71.7 cm³/mol. The van der Waals surface area contributed by atoms with Crippen LogP contribution in [0.5, 0.6) is 0 Å². The van der Waals surface area contributed by atoms with Gasteiger partial charge < -0.3 is 5.73 Å². The van der Waals surface area contributed by atoms with Crippen molar-refractivity contribution < 1.29 is 9.59 Å². The number of fused-ring (bicyclic) bond motifs is 1. The van der Waals surface area contributed by atoms with Gasteiger partial charge in [0.2, 0.25) is 5.91 Å². The fourth-order valence-electron chi connectivity index (χ4n) is 2.18. The zero-order chi connectivity index (χ0) is 13.4. The van der Waals surface area contributed by atoms with E-state index in [-0.39, 0.29) is 12.3 Å². The molecule has 2 aromatic rings. The first-order valence-electron chi connectivity index (χ1n) is 5.91. The molecule has 0 saturated carbocycles. The number of nitrogen functional groups attached to an aromatic ring is 1. The summed E-state index contributed by atoms with van der Waals surface area (Å²) < 4.78 is 0. The van der Waals surface area contributed by atoms with Gasteiger partial charge in [0.15, 0.2) is 0 Å². The molecule has 6 heteroatoms. The van der Waals surface area contributed by atoms with Crippen LogP contribution in [0.4, 0.5) is 16.2 Å². The van der Waals surface area contributed by atoms with Gasteiger partial charge in [-0.2, -0.15) is 0 Å². The molecule has 1 aliphatic heterocycles. The number of rotatable bonds is 1. The highest BCUT2D eigenvalue weighted by atomic mass is 16.2. The molecule has 3 rings (SSSR count). The topological polar surface area (TPSA) is 88.3 Å². The third-order valence-corrected chi connectivity index (χ3v) is 3.09. The second-order valence-corrected chi connectivity index (χ2v) is 4.36. The van der Waals surface area contributed by atoms with Gasteiger partial charge in [-0.05, 0) is 24.3 Å². The maximum atomic E-state index is 11.9. The molecule has 0 spiro atoms. The van der Waals surface area contributed by atoms with Gasteiger partial charge in [0.25, 0.3) is 0 Å². The third kappa shape index (κ3) is 1.97. The molecule has 1 aromatic carbocycles. The predicted octanol–water partition coefficient (Wildman–Crippen LogP) is 1.26. The minimum atomic E-state index is -0.411. The van der Waals surface area contributed by atoms with Crippen molar-refractivity contribution in [1.82, 2.24) is 10.3 Å². The average Bonchev–Trinajstić information content (AvgIpc) is 2.38. The summed E-state index contributed by atoms with van der Waals surface area (Å²) in [6.45, 7) is 0.360. The minimum absolute atomic E-state index is 0.251. The van der Waals surface area contributed by atoms with Gasteiger partial charge in [0, 0.05) is 30.2 Å². The molecule has 1 aromatic heterocycles. The summed E-state index contributed by atoms with van der Waals surface area (Å²) in [7, 11) is 0. The standard InChI is InChI=1S/C13H12N4O2/c14-8-1-2-10-9(7-8)11(3-5-15-10)17-6-4-12(18)16-13(17)19/h1-3,5,7H,4,6,14H2,(H,16,18,19). The van der Waals surface area contributed by atoms with E-state index in [9.17, 15) is 9.59 Å². The maximum Gasteiger partial charge on any atom is 0.328 e. The van der Waals surface area contributed by atoms with Crippen molar-refractivity contribution in [2.75, 3.05) is 17.2 Å². The molecule has 1 fully saturated rings. The lowest BCUT2D eigenvalue weighted by Gasteiger charge is -2.27. The van der Waals surface area contributed by atoms with Gasteiger partial charge in [0.1, 0.15) is 0 Å². The van der Waals surface area contributed by atoms with Gasteiger partial charge in [-0.15, -0.1) is 0 Å². The van der Waals surface area contributed by atoms with Crippen molar-refractivity contribution in [2.24, 2.45) is 0 Å². The Morgan fingerprint density at radius 1 is 1.26 bits per heavy atom. The lowest BCUT2D eigenvalue weighted by atomic mass is 10.1. The van der Waals surface area contributed by atoms with Crippen LogP contribution in [-0.4, -0.2) is 23.5 Å². The first kappa shape index (κ1) is 11.5. The lowest BCUT2D eigenvalue weighted by molar-refractivity contribution is -0.120. The quantitative estimate of drug-likeness (QED) is 0.752. The number of benzene rings is 1. The molecule has 19 heavy (non-hydrogen) atoms. The zero-order valence-corrected chi connectivity index (χ0v) is 10.1. The van der Waals surface area contributed by atoms with E-state index in [1.54, 1.807) is 30.5 Å². The van der Waals surface area contributed by atoms with Gasteiger partial charge in [-0.1, -0.05) is 0 Å². The Bertz CT molecular complexity index is 683. The van der Waals surface area contributed by atoms with E-state index in [1.165, 1.54) is 4.90 Å². The molecule has 1 aliphatic rings. The highest BCUT2D eigenvalue weighted by molar-refractivity contribution is 6.09. The number of hydrogen-bond acceptors (Lipinski definition) is 4. The lowest BCUT2D eigenvalue weighted by Crippen LogP contribution is -2.49. The van der Waals surface area contributed by atoms with Crippen molar-refractivity contribution in [2.45, 2.75) is 6.42 Å². The molecule has 0 unspecified atom stereocenters. The number of hydrogen-bond donors (Lipinski definition) is 2. The van der Waals surface area contributed by atoms with Crippen molar-refractivity contribution in [3.05, 3.63) is 30.5 Å². The van der Waals surface area contributed by atoms with E-state index in [1.807, 2.05) is 0 Å². The monoisotopic (exact) mass is 256 g/mol. The molecule has 1 saturated heterocycles. The van der Waals surface area contributed by atoms with Crippen molar-refractivity contribution in [3.8, 4) is 0 Å². The van der Waals surface area contributed by atoms with E-state index >= 15 is 0 Å². The Kier molecular flexibility index (Phi) is 2.56. The number of aromatic nitrogens is 1. The summed E-state index contributed by atoms with van der Waals surface area (Å²) in [6, 6.07) is 6.68. The van der Waals surface area contributed by atoms with E-state index < -0.39 is 6.03 Å². The van der Waals surface area contributed by atoms with Crippen LogP contribution in [0, 0.1) is 0 Å². The Balaban J connectivity index is 2.12. The summed E-state index contributed by atoms with van der Waals surface area (Å²) in [6.07, 6.45) is 1.93. The SMILES string of the molecule is Nc1ccc2nccc(N3CCC(=O)NC3=O)c2c1. The summed E-state index contributed by atoms with van der Waals surface area (Å²) in [4.78, 5) is 28.8. The highest BCUT2D eigenvalue weighted by Crippen LogP contribution is 2.28. The molecule has 0 atom stereocenters. The number of anilines is 2. The second kappa shape index (κ2) is 4.24. The van der Waals surface area contributed by atoms with Crippen molar-refractivity contribution in [3.63, 3.8) is 0 Å². The Labute approximate surface area is 109 Å². The minimum Gasteiger partial charge on any atom is -0.399 e. The largest absolute Gasteiger partial charge is 0.399 e. The molecule has 3 amide bonds. The number of carbonyl (C=O) groups is 2. The number of nitrogens with one attached hydrogen (secondary N) is 1. The van der Waals surface area contributed by atoms with Gasteiger partial charge in [-0.3, -0.25) is 20.0 Å². The number of carbonyl (C=O) groups excluding carboxylic acids is 2. The molecule has 96 valence electrons. The van der Waals surface area contributed by atoms with E-state index in [4.69, 9.17) is 5.73 Å². The van der Waals surface area contributed by atoms with Crippen LogP contribution in [0.3, 0.4) is 0 Å². The van der Waals surface area contributed by atoms with Gasteiger partial charge >= 0.3 is 6.03 Å². The summed E-state index contributed by atoms with van der Waals surface area (Å²) in [5, 5.41) is 3.10. The number of imide groups is 1. The number of urea groups is 1. The normalized spacial score (nSPS) is 15.7. The van der Waals surface area contributed by atoms with E-state index in [0.29, 0.717) is 17.9 Å². The number of nitrogens with two attached hydrogens (primary N) is 1. The first-order valence-corrected chi connectivity index (χ1v) is 5.91. The number of pyridine rings is 1. The fraction of sp³-hybridized carbons (Fsp3) is 0.154. The maximum absolute atomic E-state index is 11.9. The van der Waals surface area contributed by atoms with E-state index in [2.05, 4.69) is 10.3 Å². The molecule has 0 aliphatic carbocycles. The number of nitrogens with zero attached hydrogens (tertiary/aromatic N) is 2. The van der Waals surface area contributed by atoms with Crippen LogP contribution < -0.4 is 16.0 Å². The average molecular weight is 256 g/mol. The summed E-state index contributed by atoms with van der Waals surface area (Å²) in [5.41, 5.74) is 7.86.